The number of carbonyl (C=O) groups excluding carboxylic acids is 1. The second kappa shape index (κ2) is 7.72. The summed E-state index contributed by atoms with van der Waals surface area (Å²) in [5.74, 6) is -0.720. The van der Waals surface area contributed by atoms with E-state index in [1.54, 1.807) is 18.3 Å². The highest BCUT2D eigenvalue weighted by molar-refractivity contribution is 5.81. The fourth-order valence-electron chi connectivity index (χ4n) is 3.42. The molecule has 1 amide bonds. The number of primary amides is 1. The predicted molar refractivity (Wildman–Crippen MR) is 94.1 cm³/mol. The molecular formula is C19H23FN4O. The van der Waals surface area contributed by atoms with Crippen LogP contribution in [0.3, 0.4) is 0 Å². The Morgan fingerprint density at radius 1 is 1.08 bits per heavy atom. The topological polar surface area (TPSA) is 62.5 Å². The lowest BCUT2D eigenvalue weighted by atomic mass is 10.0. The minimum Gasteiger partial charge on any atom is -0.368 e. The molecule has 25 heavy (non-hydrogen) atoms. The van der Waals surface area contributed by atoms with Crippen LogP contribution in [0.15, 0.2) is 48.8 Å². The van der Waals surface area contributed by atoms with Gasteiger partial charge in [-0.05, 0) is 36.2 Å². The Bertz CT molecular complexity index is 699. The van der Waals surface area contributed by atoms with Crippen LogP contribution in [-0.2, 0) is 4.79 Å². The molecule has 1 aromatic carbocycles. The number of pyridine rings is 1. The second-order valence-corrected chi connectivity index (χ2v) is 6.39. The van der Waals surface area contributed by atoms with Crippen molar-refractivity contribution in [1.29, 1.82) is 0 Å². The van der Waals surface area contributed by atoms with Gasteiger partial charge in [0.05, 0.1) is 0 Å². The van der Waals surface area contributed by atoms with E-state index in [4.69, 9.17) is 5.73 Å². The molecule has 132 valence electrons. The summed E-state index contributed by atoms with van der Waals surface area (Å²) in [4.78, 5) is 20.6. The zero-order chi connectivity index (χ0) is 17.8. The fraction of sp³-hybridized carbons (Fsp3) is 0.368. The van der Waals surface area contributed by atoms with E-state index in [1.807, 2.05) is 12.3 Å². The third-order valence-corrected chi connectivity index (χ3v) is 4.88. The molecule has 1 fully saturated rings. The first-order chi connectivity index (χ1) is 12.1. The smallest absolute Gasteiger partial charge is 0.239 e. The Kier molecular flexibility index (Phi) is 5.40. The summed E-state index contributed by atoms with van der Waals surface area (Å²) in [7, 11) is 0. The Morgan fingerprint density at radius 2 is 1.72 bits per heavy atom. The van der Waals surface area contributed by atoms with Crippen LogP contribution in [0, 0.1) is 5.82 Å². The van der Waals surface area contributed by atoms with Gasteiger partial charge in [-0.1, -0.05) is 18.2 Å². The van der Waals surface area contributed by atoms with Crippen LogP contribution in [0.5, 0.6) is 0 Å². The zero-order valence-corrected chi connectivity index (χ0v) is 14.3. The van der Waals surface area contributed by atoms with Gasteiger partial charge in [-0.2, -0.15) is 0 Å². The van der Waals surface area contributed by atoms with E-state index in [0.29, 0.717) is 0 Å². The Labute approximate surface area is 147 Å². The Hall–Kier alpha value is -2.31. The van der Waals surface area contributed by atoms with Gasteiger partial charge in [-0.3, -0.25) is 19.6 Å². The van der Waals surface area contributed by atoms with Crippen molar-refractivity contribution in [1.82, 2.24) is 14.8 Å². The number of benzene rings is 1. The van der Waals surface area contributed by atoms with E-state index in [9.17, 15) is 9.18 Å². The normalized spacial score (nSPS) is 18.6. The van der Waals surface area contributed by atoms with Crippen molar-refractivity contribution in [3.8, 4) is 0 Å². The van der Waals surface area contributed by atoms with Crippen molar-refractivity contribution in [2.75, 3.05) is 26.2 Å². The maximum Gasteiger partial charge on any atom is 0.239 e. The summed E-state index contributed by atoms with van der Waals surface area (Å²) in [6.07, 6.45) is 3.66. The van der Waals surface area contributed by atoms with Gasteiger partial charge in [-0.15, -0.1) is 0 Å². The van der Waals surface area contributed by atoms with Crippen molar-refractivity contribution < 1.29 is 9.18 Å². The van der Waals surface area contributed by atoms with Crippen LogP contribution in [-0.4, -0.2) is 46.9 Å². The molecule has 2 N–H and O–H groups in total. The molecule has 1 aromatic heterocycles. The van der Waals surface area contributed by atoms with Crippen molar-refractivity contribution >= 4 is 5.91 Å². The average molecular weight is 342 g/mol. The van der Waals surface area contributed by atoms with Gasteiger partial charge >= 0.3 is 0 Å². The zero-order valence-electron chi connectivity index (χ0n) is 14.3. The first kappa shape index (κ1) is 17.5. The Balaban J connectivity index is 1.67. The van der Waals surface area contributed by atoms with Crippen LogP contribution in [0.1, 0.15) is 30.1 Å². The van der Waals surface area contributed by atoms with Crippen LogP contribution >= 0.6 is 0 Å². The largest absolute Gasteiger partial charge is 0.368 e. The van der Waals surface area contributed by atoms with Gasteiger partial charge in [0.15, 0.2) is 0 Å². The maximum atomic E-state index is 13.2. The molecule has 2 heterocycles. The van der Waals surface area contributed by atoms with Crippen LogP contribution < -0.4 is 5.73 Å². The molecule has 2 aromatic rings. The molecular weight excluding hydrogens is 319 g/mol. The molecule has 0 saturated carbocycles. The first-order valence-corrected chi connectivity index (χ1v) is 8.49. The SMILES string of the molecule is C[C@H](c1cccnc1)N1CCN([C@@H](C(N)=O)c2ccc(F)cc2)CC1. The van der Waals surface area contributed by atoms with E-state index in [-0.39, 0.29) is 11.9 Å². The van der Waals surface area contributed by atoms with Crippen molar-refractivity contribution in [3.63, 3.8) is 0 Å². The van der Waals surface area contributed by atoms with Crippen molar-refractivity contribution in [2.24, 2.45) is 5.73 Å². The quantitative estimate of drug-likeness (QED) is 0.904. The molecule has 0 aliphatic carbocycles. The summed E-state index contributed by atoms with van der Waals surface area (Å²) < 4.78 is 13.2. The highest BCUT2D eigenvalue weighted by atomic mass is 19.1. The standard InChI is InChI=1S/C19H23FN4O/c1-14(16-3-2-8-22-13-16)23-9-11-24(12-10-23)18(19(21)25)15-4-6-17(20)7-5-15/h2-8,13-14,18H,9-12H2,1H3,(H2,21,25)/t14-,18-/m1/s1. The number of nitrogens with zero attached hydrogens (tertiary/aromatic N) is 3. The van der Waals surface area contributed by atoms with E-state index >= 15 is 0 Å². The number of piperazine rings is 1. The number of hydrogen-bond acceptors (Lipinski definition) is 4. The van der Waals surface area contributed by atoms with Gasteiger partial charge in [0.1, 0.15) is 11.9 Å². The van der Waals surface area contributed by atoms with Crippen molar-refractivity contribution in [2.45, 2.75) is 19.0 Å². The highest BCUT2D eigenvalue weighted by Crippen LogP contribution is 2.26. The highest BCUT2D eigenvalue weighted by Gasteiger charge is 2.30. The number of nitrogens with two attached hydrogens (primary N) is 1. The second-order valence-electron chi connectivity index (χ2n) is 6.39. The molecule has 1 saturated heterocycles. The molecule has 0 unspecified atom stereocenters. The molecule has 1 aliphatic rings. The minimum absolute atomic E-state index is 0.272. The molecule has 2 atom stereocenters. The Morgan fingerprint density at radius 3 is 2.28 bits per heavy atom. The molecule has 0 bridgehead atoms. The average Bonchev–Trinajstić information content (AvgIpc) is 2.64. The first-order valence-electron chi connectivity index (χ1n) is 8.49. The van der Waals surface area contributed by atoms with E-state index in [0.717, 1.165) is 31.7 Å². The number of aromatic nitrogens is 1. The summed E-state index contributed by atoms with van der Waals surface area (Å²) in [6.45, 7) is 5.30. The van der Waals surface area contributed by atoms with E-state index in [1.165, 1.54) is 17.7 Å². The van der Waals surface area contributed by atoms with Crippen LogP contribution in [0.2, 0.25) is 0 Å². The molecule has 1 aliphatic heterocycles. The van der Waals surface area contributed by atoms with Crippen LogP contribution in [0.4, 0.5) is 4.39 Å². The number of amides is 1. The van der Waals surface area contributed by atoms with Crippen molar-refractivity contribution in [3.05, 3.63) is 65.7 Å². The summed E-state index contributed by atoms with van der Waals surface area (Å²) >= 11 is 0. The lowest BCUT2D eigenvalue weighted by Crippen LogP contribution is -2.50. The van der Waals surface area contributed by atoms with Gasteiger partial charge in [0, 0.05) is 44.6 Å². The number of hydrogen-bond donors (Lipinski definition) is 1. The van der Waals surface area contributed by atoms with Gasteiger partial charge in [-0.25, -0.2) is 4.39 Å². The van der Waals surface area contributed by atoms with Gasteiger partial charge < -0.3 is 5.73 Å². The van der Waals surface area contributed by atoms with Gasteiger partial charge in [0.25, 0.3) is 0 Å². The van der Waals surface area contributed by atoms with Gasteiger partial charge in [0.2, 0.25) is 5.91 Å². The molecule has 3 rings (SSSR count). The lowest BCUT2D eigenvalue weighted by Gasteiger charge is -2.40. The molecule has 6 heteroatoms. The summed E-state index contributed by atoms with van der Waals surface area (Å²) in [6, 6.07) is 9.78. The third kappa shape index (κ3) is 4.03. The van der Waals surface area contributed by atoms with E-state index in [2.05, 4.69) is 27.8 Å². The summed E-state index contributed by atoms with van der Waals surface area (Å²) in [5.41, 5.74) is 7.55. The monoisotopic (exact) mass is 342 g/mol. The third-order valence-electron chi connectivity index (χ3n) is 4.88. The molecule has 0 spiro atoms. The predicted octanol–water partition coefficient (Wildman–Crippen LogP) is 2.13. The number of halogens is 1. The van der Waals surface area contributed by atoms with Crippen LogP contribution in [0.25, 0.3) is 0 Å². The summed E-state index contributed by atoms with van der Waals surface area (Å²) in [5, 5.41) is 0. The fourth-order valence-corrected chi connectivity index (χ4v) is 3.42. The molecule has 5 nitrogen and oxygen atoms in total. The maximum absolute atomic E-state index is 13.2. The minimum atomic E-state index is -0.517. The number of rotatable bonds is 5. The number of carbonyl (C=O) groups is 1. The van der Waals surface area contributed by atoms with E-state index < -0.39 is 11.9 Å². The molecule has 0 radical (unpaired) electrons. The lowest BCUT2D eigenvalue weighted by molar-refractivity contribution is -0.124.